The molecule has 2 aromatic heterocycles. The molecule has 0 aromatic carbocycles. The van der Waals surface area contributed by atoms with Crippen LogP contribution in [-0.2, 0) is 13.6 Å². The van der Waals surface area contributed by atoms with Crippen molar-refractivity contribution in [3.8, 4) is 0 Å². The quantitative estimate of drug-likeness (QED) is 0.928. The van der Waals surface area contributed by atoms with Crippen molar-refractivity contribution in [2.24, 2.45) is 7.05 Å². The Balaban J connectivity index is 1.79. The van der Waals surface area contributed by atoms with E-state index in [4.69, 9.17) is 0 Å². The normalized spacial score (nSPS) is 20.3. The highest BCUT2D eigenvalue weighted by Crippen LogP contribution is 2.30. The number of aryl methyl sites for hydroxylation is 1. The number of rotatable bonds is 4. The summed E-state index contributed by atoms with van der Waals surface area (Å²) in [5, 5.41) is 15.6. The first-order chi connectivity index (χ1) is 10.1. The summed E-state index contributed by atoms with van der Waals surface area (Å²) < 4.78 is 1.98. The molecule has 21 heavy (non-hydrogen) atoms. The molecule has 114 valence electrons. The van der Waals surface area contributed by atoms with E-state index in [0.29, 0.717) is 12.0 Å². The van der Waals surface area contributed by atoms with Gasteiger partial charge in [0.1, 0.15) is 18.0 Å². The van der Waals surface area contributed by atoms with Gasteiger partial charge in [0.05, 0.1) is 12.6 Å². The first-order valence-corrected chi connectivity index (χ1v) is 7.64. The third-order valence-electron chi connectivity index (χ3n) is 4.12. The van der Waals surface area contributed by atoms with Crippen molar-refractivity contribution < 1.29 is 0 Å². The van der Waals surface area contributed by atoms with Gasteiger partial charge in [-0.3, -0.25) is 10.00 Å². The van der Waals surface area contributed by atoms with Crippen LogP contribution in [0.3, 0.4) is 0 Å². The lowest BCUT2D eigenvalue weighted by atomic mass is 10.0. The molecule has 1 fully saturated rings. The molecule has 1 aliphatic rings. The average molecular weight is 289 g/mol. The molecule has 1 atom stereocenters. The average Bonchev–Trinajstić information content (AvgIpc) is 3.10. The standard InChI is InChI=1S/C14H23N7/c1-10(2)13-16-14(19-18-13)11-6-4-5-7-21(11)8-12-17-15-9-20(12)3/h9-11H,4-8H2,1-3H3,(H,16,18,19)/t11-/m1/s1. The second-order valence-corrected chi connectivity index (χ2v) is 6.07. The molecular formula is C14H23N7. The van der Waals surface area contributed by atoms with Crippen LogP contribution in [0.2, 0.25) is 0 Å². The number of aromatic amines is 1. The Bertz CT molecular complexity index is 586. The number of aromatic nitrogens is 6. The molecule has 0 saturated carbocycles. The van der Waals surface area contributed by atoms with Gasteiger partial charge in [0.15, 0.2) is 5.82 Å². The van der Waals surface area contributed by atoms with Crippen LogP contribution >= 0.6 is 0 Å². The van der Waals surface area contributed by atoms with Crippen LogP contribution in [0.4, 0.5) is 0 Å². The van der Waals surface area contributed by atoms with Crippen LogP contribution in [0.25, 0.3) is 0 Å². The van der Waals surface area contributed by atoms with Crippen LogP contribution < -0.4 is 0 Å². The Morgan fingerprint density at radius 3 is 2.90 bits per heavy atom. The molecule has 0 amide bonds. The predicted molar refractivity (Wildman–Crippen MR) is 78.5 cm³/mol. The van der Waals surface area contributed by atoms with Crippen LogP contribution in [0.5, 0.6) is 0 Å². The molecule has 0 radical (unpaired) electrons. The van der Waals surface area contributed by atoms with Crippen molar-refractivity contribution in [2.75, 3.05) is 6.54 Å². The number of H-pyrrole nitrogens is 1. The Kier molecular flexibility index (Phi) is 4.01. The van der Waals surface area contributed by atoms with Crippen molar-refractivity contribution in [3.63, 3.8) is 0 Å². The summed E-state index contributed by atoms with van der Waals surface area (Å²) in [6.07, 6.45) is 5.32. The van der Waals surface area contributed by atoms with Crippen LogP contribution in [0, 0.1) is 0 Å². The molecule has 0 unspecified atom stereocenters. The highest BCUT2D eigenvalue weighted by molar-refractivity contribution is 5.02. The molecule has 0 spiro atoms. The SMILES string of the molecule is CC(C)c1n[nH]c([C@H]2CCCCN2Cc2nncn2C)n1. The van der Waals surface area contributed by atoms with E-state index in [1.54, 1.807) is 6.33 Å². The highest BCUT2D eigenvalue weighted by Gasteiger charge is 2.28. The van der Waals surface area contributed by atoms with Gasteiger partial charge in [-0.25, -0.2) is 4.98 Å². The second-order valence-electron chi connectivity index (χ2n) is 6.07. The highest BCUT2D eigenvalue weighted by atomic mass is 15.3. The van der Waals surface area contributed by atoms with E-state index in [1.807, 2.05) is 11.6 Å². The van der Waals surface area contributed by atoms with Gasteiger partial charge in [0.2, 0.25) is 0 Å². The molecule has 1 N–H and O–H groups in total. The Morgan fingerprint density at radius 2 is 2.24 bits per heavy atom. The first kappa shape index (κ1) is 14.2. The third-order valence-corrected chi connectivity index (χ3v) is 4.12. The maximum Gasteiger partial charge on any atom is 0.153 e. The van der Waals surface area contributed by atoms with Crippen molar-refractivity contribution >= 4 is 0 Å². The molecular weight excluding hydrogens is 266 g/mol. The lowest BCUT2D eigenvalue weighted by Gasteiger charge is -2.33. The van der Waals surface area contributed by atoms with E-state index < -0.39 is 0 Å². The third kappa shape index (κ3) is 2.97. The zero-order valence-electron chi connectivity index (χ0n) is 13.0. The summed E-state index contributed by atoms with van der Waals surface area (Å²) in [6.45, 7) is 6.10. The van der Waals surface area contributed by atoms with Crippen molar-refractivity contribution in [1.82, 2.24) is 34.8 Å². The van der Waals surface area contributed by atoms with Gasteiger partial charge < -0.3 is 4.57 Å². The minimum Gasteiger partial charge on any atom is -0.320 e. The van der Waals surface area contributed by atoms with Crippen molar-refractivity contribution in [3.05, 3.63) is 23.8 Å². The molecule has 3 heterocycles. The van der Waals surface area contributed by atoms with E-state index in [1.165, 1.54) is 12.8 Å². The van der Waals surface area contributed by atoms with Crippen LogP contribution in [-0.4, -0.2) is 41.4 Å². The number of hydrogen-bond acceptors (Lipinski definition) is 5. The Morgan fingerprint density at radius 1 is 1.38 bits per heavy atom. The fourth-order valence-electron chi connectivity index (χ4n) is 2.82. The Hall–Kier alpha value is -1.76. The van der Waals surface area contributed by atoms with Crippen molar-refractivity contribution in [1.29, 1.82) is 0 Å². The van der Waals surface area contributed by atoms with Crippen LogP contribution in [0.15, 0.2) is 6.33 Å². The molecule has 2 aromatic rings. The zero-order valence-corrected chi connectivity index (χ0v) is 13.0. The summed E-state index contributed by atoms with van der Waals surface area (Å²) in [5.74, 6) is 3.23. The minimum atomic E-state index is 0.301. The van der Waals surface area contributed by atoms with Gasteiger partial charge in [0.25, 0.3) is 0 Å². The van der Waals surface area contributed by atoms with E-state index in [9.17, 15) is 0 Å². The van der Waals surface area contributed by atoms with E-state index in [2.05, 4.69) is 44.1 Å². The monoisotopic (exact) mass is 289 g/mol. The van der Waals surface area contributed by atoms with Gasteiger partial charge in [0, 0.05) is 13.0 Å². The summed E-state index contributed by atoms with van der Waals surface area (Å²) in [4.78, 5) is 7.11. The largest absolute Gasteiger partial charge is 0.320 e. The van der Waals surface area contributed by atoms with E-state index in [-0.39, 0.29) is 0 Å². The summed E-state index contributed by atoms with van der Waals surface area (Å²) in [5.41, 5.74) is 0. The summed E-state index contributed by atoms with van der Waals surface area (Å²) >= 11 is 0. The number of nitrogens with one attached hydrogen (secondary N) is 1. The van der Waals surface area contributed by atoms with Crippen molar-refractivity contribution in [2.45, 2.75) is 51.6 Å². The summed E-state index contributed by atoms with van der Waals surface area (Å²) in [7, 11) is 1.99. The maximum atomic E-state index is 4.68. The number of hydrogen-bond donors (Lipinski definition) is 1. The molecule has 1 saturated heterocycles. The number of nitrogens with zero attached hydrogens (tertiary/aromatic N) is 6. The molecule has 7 nitrogen and oxygen atoms in total. The summed E-state index contributed by atoms with van der Waals surface area (Å²) in [6, 6.07) is 0.301. The van der Waals surface area contributed by atoms with Gasteiger partial charge in [-0.05, 0) is 19.4 Å². The molecule has 0 aliphatic carbocycles. The molecule has 0 bridgehead atoms. The topological polar surface area (TPSA) is 75.5 Å². The van der Waals surface area contributed by atoms with Gasteiger partial charge in [-0.15, -0.1) is 10.2 Å². The lowest BCUT2D eigenvalue weighted by molar-refractivity contribution is 0.129. The minimum absolute atomic E-state index is 0.301. The fraction of sp³-hybridized carbons (Fsp3) is 0.714. The Labute approximate surface area is 124 Å². The van der Waals surface area contributed by atoms with E-state index in [0.717, 1.165) is 37.0 Å². The van der Waals surface area contributed by atoms with E-state index >= 15 is 0 Å². The fourth-order valence-corrected chi connectivity index (χ4v) is 2.82. The molecule has 1 aliphatic heterocycles. The second kappa shape index (κ2) is 5.93. The van der Waals surface area contributed by atoms with Gasteiger partial charge in [-0.2, -0.15) is 5.10 Å². The smallest absolute Gasteiger partial charge is 0.153 e. The molecule has 3 rings (SSSR count). The van der Waals surface area contributed by atoms with Gasteiger partial charge >= 0.3 is 0 Å². The molecule has 7 heteroatoms. The predicted octanol–water partition coefficient (Wildman–Crippen LogP) is 1.78. The van der Waals surface area contributed by atoms with Crippen LogP contribution in [0.1, 0.15) is 62.5 Å². The maximum absolute atomic E-state index is 4.68. The lowest BCUT2D eigenvalue weighted by Crippen LogP contribution is -2.34. The number of piperidine rings is 1. The number of likely N-dealkylation sites (tertiary alicyclic amines) is 1. The first-order valence-electron chi connectivity index (χ1n) is 7.64. The van der Waals surface area contributed by atoms with Gasteiger partial charge in [-0.1, -0.05) is 20.3 Å². The zero-order chi connectivity index (χ0) is 14.8.